The Bertz CT molecular complexity index is 562. The molecule has 2 nitrogen and oxygen atoms in total. The number of thiocarbonyl (C=S) groups is 1. The molecule has 0 saturated heterocycles. The minimum Gasteiger partial charge on any atom is -0.378 e. The minimum absolute atomic E-state index is 0.258. The third kappa shape index (κ3) is 3.51. The molecule has 98 valence electrons. The molecule has 0 atom stereocenters. The van der Waals surface area contributed by atoms with Crippen LogP contribution in [0.15, 0.2) is 48.5 Å². The van der Waals surface area contributed by atoms with Crippen LogP contribution < -0.4 is 10.2 Å². The highest BCUT2D eigenvalue weighted by atomic mass is 32.1. The van der Waals surface area contributed by atoms with Gasteiger partial charge in [-0.25, -0.2) is 4.39 Å². The lowest BCUT2D eigenvalue weighted by Crippen LogP contribution is -2.12. The second-order valence-electron chi connectivity index (χ2n) is 4.40. The van der Waals surface area contributed by atoms with Crippen molar-refractivity contribution < 1.29 is 4.39 Å². The van der Waals surface area contributed by atoms with Crippen LogP contribution in [0.5, 0.6) is 0 Å². The lowest BCUT2D eigenvalue weighted by molar-refractivity contribution is 0.628. The molecule has 0 aliphatic carbocycles. The summed E-state index contributed by atoms with van der Waals surface area (Å²) in [5.74, 6) is -0.258. The van der Waals surface area contributed by atoms with Gasteiger partial charge in [0.05, 0.1) is 0 Å². The molecule has 2 aromatic rings. The summed E-state index contributed by atoms with van der Waals surface area (Å²) >= 11 is 5.33. The summed E-state index contributed by atoms with van der Waals surface area (Å²) in [6.07, 6.45) is 0. The van der Waals surface area contributed by atoms with E-state index in [-0.39, 0.29) is 5.82 Å². The quantitative estimate of drug-likeness (QED) is 0.860. The SMILES string of the molecule is CN(C)c1ccc(C(=S)Nc2ccc(F)cc2)cc1. The second kappa shape index (κ2) is 5.80. The first kappa shape index (κ1) is 13.5. The maximum absolute atomic E-state index is 12.8. The molecular weight excluding hydrogens is 259 g/mol. The number of halogens is 1. The van der Waals surface area contributed by atoms with Crippen molar-refractivity contribution in [2.45, 2.75) is 0 Å². The van der Waals surface area contributed by atoms with Gasteiger partial charge in [-0.2, -0.15) is 0 Å². The number of nitrogens with one attached hydrogen (secondary N) is 1. The van der Waals surface area contributed by atoms with Crippen LogP contribution in [-0.4, -0.2) is 19.1 Å². The normalized spacial score (nSPS) is 10.1. The summed E-state index contributed by atoms with van der Waals surface area (Å²) in [5, 5.41) is 3.09. The Labute approximate surface area is 117 Å². The number of anilines is 2. The molecule has 0 aliphatic rings. The van der Waals surface area contributed by atoms with Crippen molar-refractivity contribution in [1.82, 2.24) is 0 Å². The molecule has 0 unspecified atom stereocenters. The molecule has 0 aromatic heterocycles. The van der Waals surface area contributed by atoms with Crippen molar-refractivity contribution in [3.8, 4) is 0 Å². The van der Waals surface area contributed by atoms with Crippen molar-refractivity contribution in [1.29, 1.82) is 0 Å². The summed E-state index contributed by atoms with van der Waals surface area (Å²) in [6.45, 7) is 0. The summed E-state index contributed by atoms with van der Waals surface area (Å²) in [4.78, 5) is 2.65. The van der Waals surface area contributed by atoms with Gasteiger partial charge >= 0.3 is 0 Å². The lowest BCUT2D eigenvalue weighted by atomic mass is 10.2. The topological polar surface area (TPSA) is 15.3 Å². The molecule has 0 bridgehead atoms. The molecule has 0 fully saturated rings. The van der Waals surface area contributed by atoms with Crippen LogP contribution in [0.1, 0.15) is 5.56 Å². The number of hydrogen-bond donors (Lipinski definition) is 1. The molecule has 0 saturated carbocycles. The Hall–Kier alpha value is -1.94. The summed E-state index contributed by atoms with van der Waals surface area (Å²) in [7, 11) is 3.98. The molecule has 0 spiro atoms. The van der Waals surface area contributed by atoms with E-state index in [2.05, 4.69) is 5.32 Å². The van der Waals surface area contributed by atoms with Crippen LogP contribution in [0.2, 0.25) is 0 Å². The highest BCUT2D eigenvalue weighted by Crippen LogP contribution is 2.15. The van der Waals surface area contributed by atoms with E-state index in [1.165, 1.54) is 12.1 Å². The van der Waals surface area contributed by atoms with E-state index in [1.807, 2.05) is 43.3 Å². The Morgan fingerprint density at radius 3 is 2.11 bits per heavy atom. The summed E-state index contributed by atoms with van der Waals surface area (Å²) in [6, 6.07) is 14.1. The zero-order chi connectivity index (χ0) is 13.8. The van der Waals surface area contributed by atoms with Crippen LogP contribution in [0.3, 0.4) is 0 Å². The minimum atomic E-state index is -0.258. The van der Waals surface area contributed by atoms with Gasteiger partial charge in [0.15, 0.2) is 0 Å². The van der Waals surface area contributed by atoms with Gasteiger partial charge in [-0.1, -0.05) is 12.2 Å². The van der Waals surface area contributed by atoms with Gasteiger partial charge in [0.1, 0.15) is 10.8 Å². The first-order valence-electron chi connectivity index (χ1n) is 5.90. The third-order valence-electron chi connectivity index (χ3n) is 2.75. The first-order valence-corrected chi connectivity index (χ1v) is 6.31. The largest absolute Gasteiger partial charge is 0.378 e. The number of hydrogen-bond acceptors (Lipinski definition) is 2. The summed E-state index contributed by atoms with van der Waals surface area (Å²) < 4.78 is 12.8. The van der Waals surface area contributed by atoms with Gasteiger partial charge in [-0.15, -0.1) is 0 Å². The molecular formula is C15H15FN2S. The number of nitrogens with zero attached hydrogens (tertiary/aromatic N) is 1. The number of benzene rings is 2. The van der Waals surface area contributed by atoms with E-state index in [4.69, 9.17) is 12.2 Å². The maximum Gasteiger partial charge on any atom is 0.123 e. The van der Waals surface area contributed by atoms with Gasteiger partial charge in [-0.05, 0) is 48.5 Å². The van der Waals surface area contributed by atoms with Gasteiger partial charge in [0.2, 0.25) is 0 Å². The molecule has 0 aliphatic heterocycles. The molecule has 0 radical (unpaired) electrons. The van der Waals surface area contributed by atoms with E-state index >= 15 is 0 Å². The average molecular weight is 274 g/mol. The Kier molecular flexibility index (Phi) is 4.12. The van der Waals surface area contributed by atoms with Crippen LogP contribution in [0.25, 0.3) is 0 Å². The first-order chi connectivity index (χ1) is 9.06. The van der Waals surface area contributed by atoms with Crippen molar-refractivity contribution in [3.05, 3.63) is 59.9 Å². The highest BCUT2D eigenvalue weighted by molar-refractivity contribution is 7.81. The third-order valence-corrected chi connectivity index (χ3v) is 3.09. The van der Waals surface area contributed by atoms with E-state index in [1.54, 1.807) is 12.1 Å². The van der Waals surface area contributed by atoms with Crippen LogP contribution in [0.4, 0.5) is 15.8 Å². The molecule has 1 N–H and O–H groups in total. The predicted molar refractivity (Wildman–Crippen MR) is 82.5 cm³/mol. The monoisotopic (exact) mass is 274 g/mol. The fourth-order valence-electron chi connectivity index (χ4n) is 1.65. The summed E-state index contributed by atoms with van der Waals surface area (Å²) in [5.41, 5.74) is 2.83. The second-order valence-corrected chi connectivity index (χ2v) is 4.81. The van der Waals surface area contributed by atoms with E-state index in [0.717, 1.165) is 16.9 Å². The molecule has 4 heteroatoms. The zero-order valence-corrected chi connectivity index (χ0v) is 11.7. The van der Waals surface area contributed by atoms with Crippen LogP contribution >= 0.6 is 12.2 Å². The zero-order valence-electron chi connectivity index (χ0n) is 10.9. The molecule has 0 amide bonds. The van der Waals surface area contributed by atoms with Gasteiger partial charge in [0.25, 0.3) is 0 Å². The molecule has 19 heavy (non-hydrogen) atoms. The van der Waals surface area contributed by atoms with Crippen molar-refractivity contribution in [3.63, 3.8) is 0 Å². The smallest absolute Gasteiger partial charge is 0.123 e. The molecule has 2 aromatic carbocycles. The van der Waals surface area contributed by atoms with Crippen LogP contribution in [-0.2, 0) is 0 Å². The standard InChI is InChI=1S/C15H15FN2S/c1-18(2)14-9-3-11(4-10-14)15(19)17-13-7-5-12(16)6-8-13/h3-10H,1-2H3,(H,17,19). The fraction of sp³-hybridized carbons (Fsp3) is 0.133. The van der Waals surface area contributed by atoms with Gasteiger partial charge in [0, 0.05) is 31.0 Å². The van der Waals surface area contributed by atoms with Gasteiger partial charge < -0.3 is 10.2 Å². The highest BCUT2D eigenvalue weighted by Gasteiger charge is 2.03. The Morgan fingerprint density at radius 2 is 1.58 bits per heavy atom. The van der Waals surface area contributed by atoms with E-state index in [9.17, 15) is 4.39 Å². The average Bonchev–Trinajstić information content (AvgIpc) is 2.41. The Balaban J connectivity index is 2.09. The van der Waals surface area contributed by atoms with Crippen molar-refractivity contribution in [2.75, 3.05) is 24.3 Å². The molecule has 2 rings (SSSR count). The van der Waals surface area contributed by atoms with E-state index in [0.29, 0.717) is 4.99 Å². The molecule has 0 heterocycles. The maximum atomic E-state index is 12.8. The fourth-order valence-corrected chi connectivity index (χ4v) is 1.90. The lowest BCUT2D eigenvalue weighted by Gasteiger charge is -2.13. The predicted octanol–water partition coefficient (Wildman–Crippen LogP) is 3.68. The number of rotatable bonds is 3. The van der Waals surface area contributed by atoms with Crippen LogP contribution in [0, 0.1) is 5.82 Å². The van der Waals surface area contributed by atoms with Crippen molar-refractivity contribution >= 4 is 28.6 Å². The van der Waals surface area contributed by atoms with E-state index < -0.39 is 0 Å². The van der Waals surface area contributed by atoms with Gasteiger partial charge in [-0.3, -0.25) is 0 Å². The Morgan fingerprint density at radius 1 is 1.00 bits per heavy atom. The van der Waals surface area contributed by atoms with Crippen molar-refractivity contribution in [2.24, 2.45) is 0 Å².